The first-order valence-electron chi connectivity index (χ1n) is 4.84. The summed E-state index contributed by atoms with van der Waals surface area (Å²) in [5.41, 5.74) is 7.31. The van der Waals surface area contributed by atoms with Crippen LogP contribution < -0.4 is 11.2 Å². The highest BCUT2D eigenvalue weighted by Crippen LogP contribution is 2.02. The van der Waals surface area contributed by atoms with Crippen molar-refractivity contribution >= 4 is 10.3 Å². The smallest absolute Gasteiger partial charge is 0.354 e. The minimum Gasteiger partial charge on any atom is -0.395 e. The van der Waals surface area contributed by atoms with E-state index in [1.165, 1.54) is 6.92 Å². The molecule has 0 spiro atoms. The Labute approximate surface area is 95.2 Å². The molecular weight excluding hydrogens is 238 g/mol. The van der Waals surface area contributed by atoms with Crippen molar-refractivity contribution in [3.8, 4) is 0 Å². The van der Waals surface area contributed by atoms with Crippen LogP contribution in [0.3, 0.4) is 0 Å². The van der Waals surface area contributed by atoms with E-state index in [9.17, 15) is 8.42 Å². The Kier molecular flexibility index (Phi) is 7.76. The lowest BCUT2D eigenvalue weighted by atomic mass is 10.4. The van der Waals surface area contributed by atoms with Gasteiger partial charge >= 0.3 is 10.3 Å². The number of hydroxylamine groups is 1. The topological polar surface area (TPSA) is 125 Å². The van der Waals surface area contributed by atoms with Crippen LogP contribution in [0.15, 0.2) is 0 Å². The largest absolute Gasteiger partial charge is 0.395 e. The Morgan fingerprint density at radius 1 is 1.56 bits per heavy atom. The van der Waals surface area contributed by atoms with Crippen LogP contribution >= 0.6 is 0 Å². The van der Waals surface area contributed by atoms with Gasteiger partial charge in [0, 0.05) is 26.2 Å². The van der Waals surface area contributed by atoms with E-state index in [-0.39, 0.29) is 32.8 Å². The summed E-state index contributed by atoms with van der Waals surface area (Å²) < 4.78 is 28.3. The van der Waals surface area contributed by atoms with E-state index in [1.54, 1.807) is 0 Å². The summed E-state index contributed by atoms with van der Waals surface area (Å²) in [7, 11) is -4.01. The molecule has 0 aromatic heterocycles. The molecule has 0 aliphatic heterocycles. The maximum absolute atomic E-state index is 11.5. The van der Waals surface area contributed by atoms with Crippen molar-refractivity contribution in [1.82, 2.24) is 9.79 Å². The van der Waals surface area contributed by atoms with Crippen LogP contribution in [0, 0.1) is 0 Å². The molecule has 0 radical (unpaired) electrons. The molecule has 98 valence electrons. The Hall–Kier alpha value is -0.290. The Morgan fingerprint density at radius 3 is 2.62 bits per heavy atom. The molecule has 0 saturated heterocycles. The van der Waals surface area contributed by atoms with Crippen LogP contribution in [0.4, 0.5) is 0 Å². The third-order valence-electron chi connectivity index (χ3n) is 1.54. The number of hydrogen-bond donors (Lipinski definition) is 4. The first kappa shape index (κ1) is 15.7. The maximum atomic E-state index is 11.5. The average molecular weight is 257 g/mol. The van der Waals surface area contributed by atoms with Crippen molar-refractivity contribution in [3.63, 3.8) is 0 Å². The lowest BCUT2D eigenvalue weighted by Crippen LogP contribution is -2.42. The Bertz CT molecular complexity index is 269. The highest BCUT2D eigenvalue weighted by Gasteiger charge is 2.24. The molecule has 0 aliphatic carbocycles. The van der Waals surface area contributed by atoms with E-state index >= 15 is 0 Å². The highest BCUT2D eigenvalue weighted by atomic mass is 32.2. The van der Waals surface area contributed by atoms with Crippen LogP contribution in [-0.4, -0.2) is 61.8 Å². The second-order valence-electron chi connectivity index (χ2n) is 3.15. The molecule has 8 nitrogen and oxygen atoms in total. The molecule has 16 heavy (non-hydrogen) atoms. The van der Waals surface area contributed by atoms with Crippen LogP contribution in [0.25, 0.3) is 0 Å². The molecule has 0 heterocycles. The number of aliphatic hydroxyl groups excluding tert-OH is 2. The monoisotopic (exact) mass is 257 g/mol. The normalized spacial score (nSPS) is 14.3. The second-order valence-corrected chi connectivity index (χ2v) is 4.69. The van der Waals surface area contributed by atoms with Crippen LogP contribution in [0.1, 0.15) is 6.92 Å². The zero-order valence-electron chi connectivity index (χ0n) is 9.16. The second kappa shape index (κ2) is 7.90. The number of rotatable bonds is 9. The predicted octanol–water partition coefficient (Wildman–Crippen LogP) is -2.61. The van der Waals surface area contributed by atoms with Crippen molar-refractivity contribution in [2.75, 3.05) is 32.8 Å². The van der Waals surface area contributed by atoms with Gasteiger partial charge in [-0.05, 0) is 6.92 Å². The van der Waals surface area contributed by atoms with E-state index in [0.717, 1.165) is 4.31 Å². The molecular formula is C7H19N3O5S. The third kappa shape index (κ3) is 6.33. The summed E-state index contributed by atoms with van der Waals surface area (Å²) in [5, 5.41) is 17.8. The molecule has 0 rings (SSSR count). The molecule has 0 aromatic carbocycles. The lowest BCUT2D eigenvalue weighted by Gasteiger charge is -2.21. The van der Waals surface area contributed by atoms with Gasteiger partial charge in [0.05, 0.1) is 12.7 Å². The van der Waals surface area contributed by atoms with E-state index in [4.69, 9.17) is 15.9 Å². The average Bonchev–Trinajstić information content (AvgIpc) is 2.16. The molecule has 0 aliphatic rings. The van der Waals surface area contributed by atoms with Crippen molar-refractivity contribution in [1.29, 1.82) is 0 Å². The molecule has 0 saturated carbocycles. The quantitative estimate of drug-likeness (QED) is 0.263. The first-order chi connectivity index (χ1) is 7.44. The molecule has 0 aromatic rings. The van der Waals surface area contributed by atoms with E-state index in [1.807, 2.05) is 0 Å². The highest BCUT2D eigenvalue weighted by molar-refractivity contribution is 7.84. The standard InChI is InChI=1S/C7H19N3O5S/c1-7(12)6-10(4-5-11)16(13,14)15-9-3-2-8/h7,9,11-12H,2-6,8H2,1H3. The third-order valence-corrected chi connectivity index (χ3v) is 2.84. The summed E-state index contributed by atoms with van der Waals surface area (Å²) in [6.45, 7) is 1.21. The number of nitrogens with one attached hydrogen (secondary N) is 1. The van der Waals surface area contributed by atoms with Crippen molar-refractivity contribution in [3.05, 3.63) is 0 Å². The van der Waals surface area contributed by atoms with Gasteiger partial charge in [-0.25, -0.2) is 0 Å². The summed E-state index contributed by atoms with van der Waals surface area (Å²) in [6.07, 6.45) is -0.848. The van der Waals surface area contributed by atoms with Gasteiger partial charge in [-0.3, -0.25) is 0 Å². The molecule has 0 bridgehead atoms. The van der Waals surface area contributed by atoms with Gasteiger partial charge < -0.3 is 15.9 Å². The number of nitrogens with two attached hydrogens (primary N) is 1. The lowest BCUT2D eigenvalue weighted by molar-refractivity contribution is 0.127. The van der Waals surface area contributed by atoms with E-state index in [0.29, 0.717) is 0 Å². The van der Waals surface area contributed by atoms with Gasteiger partial charge in [-0.15, -0.1) is 0 Å². The molecule has 5 N–H and O–H groups in total. The van der Waals surface area contributed by atoms with Gasteiger partial charge in [0.2, 0.25) is 0 Å². The summed E-state index contributed by atoms with van der Waals surface area (Å²) in [6, 6.07) is 0. The van der Waals surface area contributed by atoms with Crippen molar-refractivity contribution in [2.45, 2.75) is 13.0 Å². The SMILES string of the molecule is CC(O)CN(CCO)S(=O)(=O)ONCCN. The van der Waals surface area contributed by atoms with Crippen LogP contribution in [0.5, 0.6) is 0 Å². The van der Waals surface area contributed by atoms with Crippen LogP contribution in [-0.2, 0) is 14.6 Å². The van der Waals surface area contributed by atoms with Gasteiger partial charge in [0.25, 0.3) is 0 Å². The Balaban J connectivity index is 4.37. The molecule has 0 amide bonds. The number of hydrogen-bond acceptors (Lipinski definition) is 7. The summed E-state index contributed by atoms with van der Waals surface area (Å²) >= 11 is 0. The van der Waals surface area contributed by atoms with Crippen LogP contribution in [0.2, 0.25) is 0 Å². The zero-order valence-corrected chi connectivity index (χ0v) is 9.98. The van der Waals surface area contributed by atoms with Gasteiger partial charge in [0.1, 0.15) is 0 Å². The number of aliphatic hydroxyl groups is 2. The van der Waals surface area contributed by atoms with E-state index < -0.39 is 16.4 Å². The van der Waals surface area contributed by atoms with E-state index in [2.05, 4.69) is 9.76 Å². The maximum Gasteiger partial charge on any atom is 0.354 e. The molecule has 9 heteroatoms. The minimum absolute atomic E-state index is 0.141. The first-order valence-corrected chi connectivity index (χ1v) is 6.21. The molecule has 0 fully saturated rings. The zero-order chi connectivity index (χ0) is 12.6. The fourth-order valence-corrected chi connectivity index (χ4v) is 1.97. The van der Waals surface area contributed by atoms with Gasteiger partial charge in [-0.1, -0.05) is 0 Å². The predicted molar refractivity (Wildman–Crippen MR) is 57.4 cm³/mol. The fraction of sp³-hybridized carbons (Fsp3) is 1.00. The Morgan fingerprint density at radius 2 is 2.19 bits per heavy atom. The summed E-state index contributed by atoms with van der Waals surface area (Å²) in [5.74, 6) is 0. The summed E-state index contributed by atoms with van der Waals surface area (Å²) in [4.78, 5) is 0. The molecule has 1 unspecified atom stereocenters. The van der Waals surface area contributed by atoms with Gasteiger partial charge in [0.15, 0.2) is 0 Å². The van der Waals surface area contributed by atoms with Gasteiger partial charge in [-0.2, -0.15) is 22.5 Å². The van der Waals surface area contributed by atoms with Crippen molar-refractivity contribution < 1.29 is 22.9 Å². The number of nitrogens with zero attached hydrogens (tertiary/aromatic N) is 1. The minimum atomic E-state index is -4.01. The fourth-order valence-electron chi connectivity index (χ4n) is 0.928. The molecule has 1 atom stereocenters. The van der Waals surface area contributed by atoms with Crippen molar-refractivity contribution in [2.24, 2.45) is 5.73 Å².